The molecule has 16 heavy (non-hydrogen) atoms. The Hall–Kier alpha value is -0.900. The maximum absolute atomic E-state index is 9.63. The van der Waals surface area contributed by atoms with E-state index in [0.717, 1.165) is 12.5 Å². The molecular weight excluding hydrogens is 202 g/mol. The third kappa shape index (κ3) is 2.82. The molecule has 0 aromatic carbocycles. The van der Waals surface area contributed by atoms with Crippen LogP contribution in [0.4, 0.5) is 0 Å². The molecule has 0 amide bonds. The maximum atomic E-state index is 9.63. The van der Waals surface area contributed by atoms with Gasteiger partial charge >= 0.3 is 0 Å². The second-order valence-electron chi connectivity index (χ2n) is 4.79. The third-order valence-corrected chi connectivity index (χ3v) is 3.45. The summed E-state index contributed by atoms with van der Waals surface area (Å²) >= 11 is 0. The van der Waals surface area contributed by atoms with Crippen molar-refractivity contribution in [3.63, 3.8) is 0 Å². The highest BCUT2D eigenvalue weighted by atomic mass is 16.3. The average Bonchev–Trinajstić information content (AvgIpc) is 2.78. The standard InChI is InChI=1S/C12H21N3O/c1-2-12(16)11-9-15(14-13-11)8-10-6-4-3-5-7-10/h9-10,12,16H,2-8H2,1H3. The van der Waals surface area contributed by atoms with Gasteiger partial charge in [-0.3, -0.25) is 4.68 Å². The summed E-state index contributed by atoms with van der Waals surface area (Å²) in [6.07, 6.45) is 8.84. The number of hydrogen-bond donors (Lipinski definition) is 1. The van der Waals surface area contributed by atoms with E-state index in [0.29, 0.717) is 12.1 Å². The van der Waals surface area contributed by atoms with Gasteiger partial charge in [-0.2, -0.15) is 0 Å². The summed E-state index contributed by atoms with van der Waals surface area (Å²) in [5.74, 6) is 0.752. The fraction of sp³-hybridized carbons (Fsp3) is 0.833. The first-order chi connectivity index (χ1) is 7.79. The first kappa shape index (κ1) is 11.6. The molecule has 0 bridgehead atoms. The largest absolute Gasteiger partial charge is 0.387 e. The zero-order valence-corrected chi connectivity index (χ0v) is 9.97. The molecule has 1 atom stereocenters. The summed E-state index contributed by atoms with van der Waals surface area (Å²) in [7, 11) is 0. The van der Waals surface area contributed by atoms with Crippen LogP contribution in [0.1, 0.15) is 57.2 Å². The fourth-order valence-corrected chi connectivity index (χ4v) is 2.40. The number of aromatic nitrogens is 3. The van der Waals surface area contributed by atoms with E-state index in [-0.39, 0.29) is 0 Å². The lowest BCUT2D eigenvalue weighted by molar-refractivity contribution is 0.168. The summed E-state index contributed by atoms with van der Waals surface area (Å²) in [5, 5.41) is 17.7. The summed E-state index contributed by atoms with van der Waals surface area (Å²) in [6.45, 7) is 2.91. The van der Waals surface area contributed by atoms with E-state index in [9.17, 15) is 5.11 Å². The average molecular weight is 223 g/mol. The van der Waals surface area contributed by atoms with Crippen molar-refractivity contribution in [1.29, 1.82) is 0 Å². The Morgan fingerprint density at radius 2 is 2.19 bits per heavy atom. The van der Waals surface area contributed by atoms with Crippen LogP contribution in [0.5, 0.6) is 0 Å². The van der Waals surface area contributed by atoms with Crippen LogP contribution in [0.25, 0.3) is 0 Å². The Balaban J connectivity index is 1.91. The second-order valence-corrected chi connectivity index (χ2v) is 4.79. The quantitative estimate of drug-likeness (QED) is 0.852. The molecule has 1 aliphatic carbocycles. The minimum absolute atomic E-state index is 0.458. The minimum Gasteiger partial charge on any atom is -0.387 e. The van der Waals surface area contributed by atoms with Gasteiger partial charge in [0.1, 0.15) is 5.69 Å². The van der Waals surface area contributed by atoms with Crippen LogP contribution in [-0.4, -0.2) is 20.1 Å². The summed E-state index contributed by atoms with van der Waals surface area (Å²) in [4.78, 5) is 0. The summed E-state index contributed by atoms with van der Waals surface area (Å²) < 4.78 is 1.89. The Labute approximate surface area is 96.7 Å². The molecule has 1 aromatic rings. The van der Waals surface area contributed by atoms with Gasteiger partial charge in [0.25, 0.3) is 0 Å². The zero-order valence-electron chi connectivity index (χ0n) is 9.97. The highest BCUT2D eigenvalue weighted by molar-refractivity contribution is 4.96. The molecule has 1 N–H and O–H groups in total. The van der Waals surface area contributed by atoms with Crippen LogP contribution in [0.15, 0.2) is 6.20 Å². The van der Waals surface area contributed by atoms with E-state index < -0.39 is 6.10 Å². The molecule has 90 valence electrons. The number of rotatable bonds is 4. The topological polar surface area (TPSA) is 50.9 Å². The van der Waals surface area contributed by atoms with Gasteiger partial charge in [0, 0.05) is 6.54 Å². The summed E-state index contributed by atoms with van der Waals surface area (Å²) in [5.41, 5.74) is 0.707. The molecule has 0 radical (unpaired) electrons. The molecule has 0 spiro atoms. The molecule has 0 saturated heterocycles. The van der Waals surface area contributed by atoms with Gasteiger partial charge in [-0.05, 0) is 25.2 Å². The van der Waals surface area contributed by atoms with Crippen molar-refractivity contribution < 1.29 is 5.11 Å². The van der Waals surface area contributed by atoms with Crippen molar-refractivity contribution in [3.05, 3.63) is 11.9 Å². The highest BCUT2D eigenvalue weighted by Crippen LogP contribution is 2.25. The SMILES string of the molecule is CCC(O)c1cn(CC2CCCCC2)nn1. The van der Waals surface area contributed by atoms with Crippen LogP contribution in [0.2, 0.25) is 0 Å². The predicted molar refractivity (Wildman–Crippen MR) is 61.8 cm³/mol. The van der Waals surface area contributed by atoms with Gasteiger partial charge in [0.2, 0.25) is 0 Å². The second kappa shape index (κ2) is 5.43. The Morgan fingerprint density at radius 1 is 1.44 bits per heavy atom. The minimum atomic E-state index is -0.458. The van der Waals surface area contributed by atoms with E-state index in [2.05, 4.69) is 10.3 Å². The van der Waals surface area contributed by atoms with Gasteiger partial charge in [-0.25, -0.2) is 0 Å². The molecule has 1 aliphatic rings. The normalized spacial score (nSPS) is 19.9. The van der Waals surface area contributed by atoms with Gasteiger partial charge in [0.05, 0.1) is 12.3 Å². The lowest BCUT2D eigenvalue weighted by Gasteiger charge is -2.20. The number of aliphatic hydroxyl groups excluding tert-OH is 1. The molecule has 1 unspecified atom stereocenters. The molecule has 4 nitrogen and oxygen atoms in total. The predicted octanol–water partition coefficient (Wildman–Crippen LogP) is 2.30. The van der Waals surface area contributed by atoms with Crippen molar-refractivity contribution in [2.24, 2.45) is 5.92 Å². The first-order valence-electron chi connectivity index (χ1n) is 6.37. The third-order valence-electron chi connectivity index (χ3n) is 3.45. The molecule has 1 fully saturated rings. The lowest BCUT2D eigenvalue weighted by atomic mass is 9.89. The number of aliphatic hydroxyl groups is 1. The van der Waals surface area contributed by atoms with E-state index in [1.54, 1.807) is 0 Å². The molecule has 2 rings (SSSR count). The molecular formula is C12H21N3O. The van der Waals surface area contributed by atoms with Crippen LogP contribution < -0.4 is 0 Å². The molecule has 1 saturated carbocycles. The maximum Gasteiger partial charge on any atom is 0.111 e. The number of nitrogens with zero attached hydrogens (tertiary/aromatic N) is 3. The van der Waals surface area contributed by atoms with Gasteiger partial charge < -0.3 is 5.11 Å². The van der Waals surface area contributed by atoms with Crippen molar-refractivity contribution in [2.75, 3.05) is 0 Å². The molecule has 4 heteroatoms. The van der Waals surface area contributed by atoms with Crippen LogP contribution in [0.3, 0.4) is 0 Å². The first-order valence-corrected chi connectivity index (χ1v) is 6.37. The monoisotopic (exact) mass is 223 g/mol. The van der Waals surface area contributed by atoms with E-state index >= 15 is 0 Å². The molecule has 1 aromatic heterocycles. The Bertz CT molecular complexity index is 318. The zero-order chi connectivity index (χ0) is 11.4. The van der Waals surface area contributed by atoms with Crippen LogP contribution in [-0.2, 0) is 6.54 Å². The van der Waals surface area contributed by atoms with E-state index in [1.807, 2.05) is 17.8 Å². The van der Waals surface area contributed by atoms with Crippen molar-refractivity contribution >= 4 is 0 Å². The summed E-state index contributed by atoms with van der Waals surface area (Å²) in [6, 6.07) is 0. The molecule has 1 heterocycles. The van der Waals surface area contributed by atoms with Gasteiger partial charge in [-0.1, -0.05) is 31.4 Å². The highest BCUT2D eigenvalue weighted by Gasteiger charge is 2.16. The van der Waals surface area contributed by atoms with Gasteiger partial charge in [0.15, 0.2) is 0 Å². The van der Waals surface area contributed by atoms with E-state index in [1.165, 1.54) is 32.1 Å². The fourth-order valence-electron chi connectivity index (χ4n) is 2.40. The lowest BCUT2D eigenvalue weighted by Crippen LogP contribution is -2.14. The molecule has 0 aliphatic heterocycles. The smallest absolute Gasteiger partial charge is 0.111 e. The van der Waals surface area contributed by atoms with Crippen LogP contribution in [0, 0.1) is 5.92 Å². The van der Waals surface area contributed by atoms with Crippen molar-refractivity contribution in [1.82, 2.24) is 15.0 Å². The Kier molecular flexibility index (Phi) is 3.93. The van der Waals surface area contributed by atoms with Crippen LogP contribution >= 0.6 is 0 Å². The number of hydrogen-bond acceptors (Lipinski definition) is 3. The van der Waals surface area contributed by atoms with E-state index in [4.69, 9.17) is 0 Å². The van der Waals surface area contributed by atoms with Gasteiger partial charge in [-0.15, -0.1) is 5.10 Å². The Morgan fingerprint density at radius 3 is 2.88 bits per heavy atom. The van der Waals surface area contributed by atoms with Crippen molar-refractivity contribution in [3.8, 4) is 0 Å². The van der Waals surface area contributed by atoms with Crippen molar-refractivity contribution in [2.45, 2.75) is 58.1 Å².